The largest absolute Gasteiger partial charge is 0.380 e. The van der Waals surface area contributed by atoms with Crippen LogP contribution in [0.4, 0.5) is 15.8 Å². The van der Waals surface area contributed by atoms with Crippen LogP contribution >= 0.6 is 0 Å². The first-order valence-electron chi connectivity index (χ1n) is 9.65. The molecule has 9 nitrogen and oxygen atoms in total. The summed E-state index contributed by atoms with van der Waals surface area (Å²) in [5.41, 5.74) is 0.855. The van der Waals surface area contributed by atoms with Crippen molar-refractivity contribution in [2.75, 3.05) is 18.4 Å². The molecule has 1 fully saturated rings. The number of rotatable bonds is 7. The van der Waals surface area contributed by atoms with E-state index in [1.54, 1.807) is 29.1 Å². The quantitative estimate of drug-likeness (QED) is 0.441. The van der Waals surface area contributed by atoms with E-state index in [1.165, 1.54) is 28.8 Å². The SMILES string of the molecule is O=[N+]([O-])c1ccc(NCc2ccc(-n3ccnc3)c(F)c2)c(S(=O)(=O)N2CCCC2)c1. The van der Waals surface area contributed by atoms with E-state index in [9.17, 15) is 22.9 Å². The van der Waals surface area contributed by atoms with E-state index in [-0.39, 0.29) is 22.8 Å². The second-order valence-electron chi connectivity index (χ2n) is 7.16. The first kappa shape index (κ1) is 20.9. The lowest BCUT2D eigenvalue weighted by Crippen LogP contribution is -2.28. The molecule has 0 aliphatic carbocycles. The van der Waals surface area contributed by atoms with Crippen LogP contribution in [0.3, 0.4) is 0 Å². The number of halogens is 1. The number of nitro benzene ring substituents is 1. The molecule has 1 aromatic heterocycles. The topological polar surface area (TPSA) is 110 Å². The highest BCUT2D eigenvalue weighted by Gasteiger charge is 2.31. The fourth-order valence-corrected chi connectivity index (χ4v) is 5.23. The third-order valence-corrected chi connectivity index (χ3v) is 7.08. The molecule has 0 spiro atoms. The van der Waals surface area contributed by atoms with Crippen LogP contribution in [0, 0.1) is 15.9 Å². The van der Waals surface area contributed by atoms with Crippen LogP contribution in [-0.4, -0.2) is 40.3 Å². The minimum atomic E-state index is -3.89. The average molecular weight is 445 g/mol. The van der Waals surface area contributed by atoms with Crippen LogP contribution in [-0.2, 0) is 16.6 Å². The Bertz CT molecular complexity index is 1210. The number of non-ortho nitro benzene ring substituents is 1. The predicted molar refractivity (Wildman–Crippen MR) is 112 cm³/mol. The molecule has 1 N–H and O–H groups in total. The van der Waals surface area contributed by atoms with Gasteiger partial charge in [-0.05, 0) is 36.6 Å². The van der Waals surface area contributed by atoms with Crippen LogP contribution in [0.1, 0.15) is 18.4 Å². The molecule has 11 heteroatoms. The van der Waals surface area contributed by atoms with Crippen LogP contribution in [0.2, 0.25) is 0 Å². The lowest BCUT2D eigenvalue weighted by Gasteiger charge is -2.19. The molecule has 31 heavy (non-hydrogen) atoms. The Morgan fingerprint density at radius 1 is 1.16 bits per heavy atom. The van der Waals surface area contributed by atoms with Gasteiger partial charge in [-0.1, -0.05) is 6.07 Å². The number of aromatic nitrogens is 2. The fourth-order valence-electron chi connectivity index (χ4n) is 3.52. The normalized spacial score (nSPS) is 14.6. The number of nitrogens with zero attached hydrogens (tertiary/aromatic N) is 4. The molecule has 3 aromatic rings. The molecule has 0 amide bonds. The van der Waals surface area contributed by atoms with Crippen molar-refractivity contribution in [3.63, 3.8) is 0 Å². The maximum absolute atomic E-state index is 14.5. The molecule has 0 radical (unpaired) electrons. The molecule has 0 unspecified atom stereocenters. The number of hydrogen-bond donors (Lipinski definition) is 1. The van der Waals surface area contributed by atoms with Crippen molar-refractivity contribution >= 4 is 21.4 Å². The predicted octanol–water partition coefficient (Wildman–Crippen LogP) is 3.32. The van der Waals surface area contributed by atoms with Gasteiger partial charge in [0.1, 0.15) is 10.7 Å². The van der Waals surface area contributed by atoms with Gasteiger partial charge in [-0.2, -0.15) is 4.31 Å². The summed E-state index contributed by atoms with van der Waals surface area (Å²) < 4.78 is 43.5. The van der Waals surface area contributed by atoms with Gasteiger partial charge in [0, 0.05) is 44.2 Å². The van der Waals surface area contributed by atoms with Crippen LogP contribution in [0.25, 0.3) is 5.69 Å². The molecule has 2 heterocycles. The van der Waals surface area contributed by atoms with Crippen LogP contribution in [0.5, 0.6) is 0 Å². The maximum Gasteiger partial charge on any atom is 0.270 e. The third kappa shape index (κ3) is 4.28. The second kappa shape index (κ2) is 8.44. The van der Waals surface area contributed by atoms with Crippen molar-refractivity contribution < 1.29 is 17.7 Å². The van der Waals surface area contributed by atoms with Crippen molar-refractivity contribution in [3.8, 4) is 5.69 Å². The number of anilines is 1. The van der Waals surface area contributed by atoms with E-state index < -0.39 is 20.8 Å². The molecule has 2 aromatic carbocycles. The van der Waals surface area contributed by atoms with E-state index in [4.69, 9.17) is 0 Å². The van der Waals surface area contributed by atoms with Gasteiger partial charge in [0.25, 0.3) is 5.69 Å². The van der Waals surface area contributed by atoms with E-state index in [0.717, 1.165) is 18.9 Å². The van der Waals surface area contributed by atoms with Crippen molar-refractivity contribution in [1.29, 1.82) is 0 Å². The summed E-state index contributed by atoms with van der Waals surface area (Å²) >= 11 is 0. The summed E-state index contributed by atoms with van der Waals surface area (Å²) in [7, 11) is -3.89. The summed E-state index contributed by atoms with van der Waals surface area (Å²) in [6.07, 6.45) is 6.16. The molecule has 1 aliphatic rings. The van der Waals surface area contributed by atoms with E-state index in [0.29, 0.717) is 24.3 Å². The van der Waals surface area contributed by atoms with Crippen molar-refractivity contribution in [1.82, 2.24) is 13.9 Å². The molecular formula is C20H20FN5O4S. The third-order valence-electron chi connectivity index (χ3n) is 5.14. The Labute approximate surface area is 178 Å². The number of imidazole rings is 1. The summed E-state index contributed by atoms with van der Waals surface area (Å²) in [6.45, 7) is 0.901. The molecular weight excluding hydrogens is 425 g/mol. The van der Waals surface area contributed by atoms with Crippen molar-refractivity contribution in [2.45, 2.75) is 24.3 Å². The molecule has 4 rings (SSSR count). The first-order valence-corrected chi connectivity index (χ1v) is 11.1. The number of benzene rings is 2. The van der Waals surface area contributed by atoms with Crippen LogP contribution < -0.4 is 5.32 Å². The molecule has 1 aliphatic heterocycles. The minimum absolute atomic E-state index is 0.140. The van der Waals surface area contributed by atoms with Gasteiger partial charge in [0.05, 0.1) is 22.6 Å². The van der Waals surface area contributed by atoms with Gasteiger partial charge < -0.3 is 9.88 Å². The minimum Gasteiger partial charge on any atom is -0.380 e. The highest BCUT2D eigenvalue weighted by Crippen LogP contribution is 2.31. The zero-order valence-electron chi connectivity index (χ0n) is 16.4. The molecule has 162 valence electrons. The zero-order valence-corrected chi connectivity index (χ0v) is 17.3. The van der Waals surface area contributed by atoms with E-state index in [2.05, 4.69) is 10.3 Å². The molecule has 0 saturated carbocycles. The first-order chi connectivity index (χ1) is 14.9. The van der Waals surface area contributed by atoms with E-state index >= 15 is 0 Å². The Morgan fingerprint density at radius 2 is 1.94 bits per heavy atom. The van der Waals surface area contributed by atoms with Crippen molar-refractivity contribution in [3.05, 3.63) is 76.6 Å². The average Bonchev–Trinajstić information content (AvgIpc) is 3.46. The summed E-state index contributed by atoms with van der Waals surface area (Å²) in [5, 5.41) is 14.2. The number of sulfonamides is 1. The number of hydrogen-bond acceptors (Lipinski definition) is 6. The Hall–Kier alpha value is -3.31. The maximum atomic E-state index is 14.5. The van der Waals surface area contributed by atoms with Crippen LogP contribution in [0.15, 0.2) is 60.0 Å². The monoisotopic (exact) mass is 445 g/mol. The standard InChI is InChI=1S/C20H20FN5O4S/c21-17-11-15(3-6-19(17)24-10-7-22-14-24)13-23-18-5-4-16(26(27)28)12-20(18)31(29,30)25-8-1-2-9-25/h3-7,10-12,14,23H,1-2,8-9,13H2. The van der Waals surface area contributed by atoms with E-state index in [1.807, 2.05) is 0 Å². The Kier molecular flexibility index (Phi) is 5.70. The van der Waals surface area contributed by atoms with Crippen molar-refractivity contribution in [2.24, 2.45) is 0 Å². The van der Waals surface area contributed by atoms with Gasteiger partial charge in [-0.15, -0.1) is 0 Å². The highest BCUT2D eigenvalue weighted by molar-refractivity contribution is 7.89. The lowest BCUT2D eigenvalue weighted by molar-refractivity contribution is -0.385. The van der Waals surface area contributed by atoms with Gasteiger partial charge in [-0.25, -0.2) is 17.8 Å². The fraction of sp³-hybridized carbons (Fsp3) is 0.250. The van der Waals surface area contributed by atoms with Gasteiger partial charge in [0.15, 0.2) is 0 Å². The molecule has 0 bridgehead atoms. The second-order valence-corrected chi connectivity index (χ2v) is 9.06. The van der Waals surface area contributed by atoms with Gasteiger partial charge in [-0.3, -0.25) is 10.1 Å². The summed E-state index contributed by atoms with van der Waals surface area (Å²) in [5.74, 6) is -0.453. The van der Waals surface area contributed by atoms with Gasteiger partial charge in [0.2, 0.25) is 10.0 Å². The zero-order chi connectivity index (χ0) is 22.0. The smallest absolute Gasteiger partial charge is 0.270 e. The molecule has 0 atom stereocenters. The number of nitro groups is 1. The molecule has 1 saturated heterocycles. The Morgan fingerprint density at radius 3 is 2.58 bits per heavy atom. The highest BCUT2D eigenvalue weighted by atomic mass is 32.2. The number of nitrogens with one attached hydrogen (secondary N) is 1. The Balaban J connectivity index is 1.61. The summed E-state index contributed by atoms with van der Waals surface area (Å²) in [4.78, 5) is 14.3. The summed E-state index contributed by atoms with van der Waals surface area (Å²) in [6, 6.07) is 8.35. The van der Waals surface area contributed by atoms with Gasteiger partial charge >= 0.3 is 0 Å². The lowest BCUT2D eigenvalue weighted by atomic mass is 10.2.